The van der Waals surface area contributed by atoms with Crippen molar-refractivity contribution >= 4 is 11.6 Å². The van der Waals surface area contributed by atoms with Crippen LogP contribution in [0.3, 0.4) is 0 Å². The van der Waals surface area contributed by atoms with Gasteiger partial charge < -0.3 is 9.47 Å². The lowest BCUT2D eigenvalue weighted by Crippen LogP contribution is -2.35. The highest BCUT2D eigenvalue weighted by Crippen LogP contribution is 2.22. The third-order valence-corrected chi connectivity index (χ3v) is 4.44. The van der Waals surface area contributed by atoms with Crippen LogP contribution < -0.4 is 10.2 Å². The molecule has 3 rings (SSSR count). The van der Waals surface area contributed by atoms with Crippen LogP contribution in [0.25, 0.3) is 0 Å². The molecule has 0 aliphatic carbocycles. The first-order chi connectivity index (χ1) is 13.2. The first kappa shape index (κ1) is 19.0. The van der Waals surface area contributed by atoms with Crippen LogP contribution in [0.5, 0.6) is 5.75 Å². The van der Waals surface area contributed by atoms with Gasteiger partial charge in [0.25, 0.3) is 5.91 Å². The predicted molar refractivity (Wildman–Crippen MR) is 103 cm³/mol. The van der Waals surface area contributed by atoms with E-state index in [1.165, 1.54) is 6.20 Å². The van der Waals surface area contributed by atoms with Crippen LogP contribution in [0, 0.1) is 0 Å². The average molecular weight is 368 g/mol. The van der Waals surface area contributed by atoms with Gasteiger partial charge in [0.15, 0.2) is 0 Å². The molecule has 0 spiro atoms. The lowest BCUT2D eigenvalue weighted by molar-refractivity contribution is 0.0339. The molecule has 7 nitrogen and oxygen atoms in total. The van der Waals surface area contributed by atoms with E-state index in [1.54, 1.807) is 25.4 Å². The van der Waals surface area contributed by atoms with Gasteiger partial charge in [0, 0.05) is 37.6 Å². The Morgan fingerprint density at radius 2 is 2.11 bits per heavy atom. The lowest BCUT2D eigenvalue weighted by Gasteiger charge is -2.27. The van der Waals surface area contributed by atoms with Crippen molar-refractivity contribution in [3.05, 3.63) is 59.4 Å². The molecule has 1 N–H and O–H groups in total. The van der Waals surface area contributed by atoms with Gasteiger partial charge in [-0.1, -0.05) is 0 Å². The van der Waals surface area contributed by atoms with E-state index in [4.69, 9.17) is 9.47 Å². The summed E-state index contributed by atoms with van der Waals surface area (Å²) >= 11 is 0. The van der Waals surface area contributed by atoms with Gasteiger partial charge in [0.1, 0.15) is 5.75 Å². The molecule has 2 heterocycles. The average Bonchev–Trinajstić information content (AvgIpc) is 2.73. The SMILES string of the molecule is COc1ccc(/C(C)=N\NC(=O)c2cccnc2)cc1CN1CCOCC1. The number of methoxy groups -OCH3 is 1. The van der Waals surface area contributed by atoms with Crippen LogP contribution in [0.15, 0.2) is 47.8 Å². The zero-order valence-electron chi connectivity index (χ0n) is 15.6. The summed E-state index contributed by atoms with van der Waals surface area (Å²) in [7, 11) is 1.67. The molecule has 0 atom stereocenters. The molecular weight excluding hydrogens is 344 g/mol. The van der Waals surface area contributed by atoms with E-state index in [0.717, 1.165) is 55.4 Å². The Bertz CT molecular complexity index is 802. The Morgan fingerprint density at radius 3 is 2.81 bits per heavy atom. The summed E-state index contributed by atoms with van der Waals surface area (Å²) in [5, 5.41) is 4.23. The van der Waals surface area contributed by atoms with Crippen molar-refractivity contribution in [1.82, 2.24) is 15.3 Å². The molecule has 0 radical (unpaired) electrons. The molecule has 1 aliphatic rings. The van der Waals surface area contributed by atoms with Crippen molar-refractivity contribution in [3.8, 4) is 5.75 Å². The summed E-state index contributed by atoms with van der Waals surface area (Å²) in [6.07, 6.45) is 3.13. The Hall–Kier alpha value is -2.77. The van der Waals surface area contributed by atoms with Gasteiger partial charge in [-0.3, -0.25) is 14.7 Å². The standard InChI is InChI=1S/C20H24N4O3/c1-15(22-23-20(25)17-4-3-7-21-13-17)16-5-6-19(26-2)18(12-16)14-24-8-10-27-11-9-24/h3-7,12-13H,8-11,14H2,1-2H3,(H,23,25)/b22-15-. The number of benzene rings is 1. The summed E-state index contributed by atoms with van der Waals surface area (Å²) in [5.74, 6) is 0.557. The Balaban J connectivity index is 1.72. The number of ether oxygens (including phenoxy) is 2. The highest BCUT2D eigenvalue weighted by atomic mass is 16.5. The molecule has 7 heteroatoms. The van der Waals surface area contributed by atoms with Crippen LogP contribution in [0.2, 0.25) is 0 Å². The largest absolute Gasteiger partial charge is 0.496 e. The summed E-state index contributed by atoms with van der Waals surface area (Å²) in [6, 6.07) is 9.35. The van der Waals surface area contributed by atoms with Crippen molar-refractivity contribution in [2.75, 3.05) is 33.4 Å². The molecule has 0 bridgehead atoms. The van der Waals surface area contributed by atoms with Gasteiger partial charge in [0.05, 0.1) is 31.6 Å². The number of carbonyl (C=O) groups excluding carboxylic acids is 1. The second-order valence-corrected chi connectivity index (χ2v) is 6.29. The normalized spacial score (nSPS) is 15.4. The highest BCUT2D eigenvalue weighted by molar-refractivity contribution is 6.01. The molecular formula is C20H24N4O3. The summed E-state index contributed by atoms with van der Waals surface area (Å²) in [5.41, 5.74) is 5.79. The number of hydrogen-bond donors (Lipinski definition) is 1. The molecule has 1 aliphatic heterocycles. The van der Waals surface area contributed by atoms with Gasteiger partial charge in [-0.25, -0.2) is 5.43 Å². The number of carbonyl (C=O) groups is 1. The number of pyridine rings is 1. The van der Waals surface area contributed by atoms with Crippen LogP contribution in [0.1, 0.15) is 28.4 Å². The molecule has 27 heavy (non-hydrogen) atoms. The number of rotatable bonds is 6. The van der Waals surface area contributed by atoms with E-state index in [1.807, 2.05) is 19.1 Å². The van der Waals surface area contributed by atoms with Gasteiger partial charge in [-0.05, 0) is 42.8 Å². The Labute approximate surface area is 159 Å². The first-order valence-electron chi connectivity index (χ1n) is 8.89. The Morgan fingerprint density at radius 1 is 1.30 bits per heavy atom. The number of aromatic nitrogens is 1. The van der Waals surface area contributed by atoms with E-state index in [9.17, 15) is 4.79 Å². The maximum atomic E-state index is 12.1. The molecule has 1 saturated heterocycles. The van der Waals surface area contributed by atoms with E-state index < -0.39 is 0 Å². The minimum absolute atomic E-state index is 0.287. The maximum Gasteiger partial charge on any atom is 0.272 e. The fraction of sp³-hybridized carbons (Fsp3) is 0.350. The highest BCUT2D eigenvalue weighted by Gasteiger charge is 2.14. The molecule has 0 unspecified atom stereocenters. The van der Waals surface area contributed by atoms with E-state index in [0.29, 0.717) is 5.56 Å². The number of nitrogens with zero attached hydrogens (tertiary/aromatic N) is 3. The zero-order valence-corrected chi connectivity index (χ0v) is 15.6. The van der Waals surface area contributed by atoms with Crippen LogP contribution >= 0.6 is 0 Å². The number of morpholine rings is 1. The first-order valence-corrected chi connectivity index (χ1v) is 8.89. The van der Waals surface area contributed by atoms with Crippen molar-refractivity contribution in [2.45, 2.75) is 13.5 Å². The minimum Gasteiger partial charge on any atom is -0.496 e. The minimum atomic E-state index is -0.287. The van der Waals surface area contributed by atoms with Crippen molar-refractivity contribution < 1.29 is 14.3 Å². The fourth-order valence-electron chi connectivity index (χ4n) is 2.89. The quantitative estimate of drug-likeness (QED) is 0.624. The molecule has 1 fully saturated rings. The summed E-state index contributed by atoms with van der Waals surface area (Å²) in [6.45, 7) is 5.97. The van der Waals surface area contributed by atoms with Crippen LogP contribution in [0.4, 0.5) is 0 Å². The van der Waals surface area contributed by atoms with Gasteiger partial charge >= 0.3 is 0 Å². The third kappa shape index (κ3) is 5.12. The van der Waals surface area contributed by atoms with E-state index in [2.05, 4.69) is 26.5 Å². The molecule has 1 amide bonds. The zero-order chi connectivity index (χ0) is 19.1. The van der Waals surface area contributed by atoms with Crippen molar-refractivity contribution in [3.63, 3.8) is 0 Å². The molecule has 1 aromatic heterocycles. The maximum absolute atomic E-state index is 12.1. The topological polar surface area (TPSA) is 76.0 Å². The smallest absolute Gasteiger partial charge is 0.272 e. The second-order valence-electron chi connectivity index (χ2n) is 6.29. The predicted octanol–water partition coefficient (Wildman–Crippen LogP) is 2.08. The lowest BCUT2D eigenvalue weighted by atomic mass is 10.1. The number of hydrazone groups is 1. The summed E-state index contributed by atoms with van der Waals surface area (Å²) in [4.78, 5) is 18.4. The van der Waals surface area contributed by atoms with Crippen LogP contribution in [-0.4, -0.2) is 54.9 Å². The third-order valence-electron chi connectivity index (χ3n) is 4.44. The molecule has 142 valence electrons. The number of amides is 1. The van der Waals surface area contributed by atoms with Crippen LogP contribution in [-0.2, 0) is 11.3 Å². The molecule has 2 aromatic rings. The second kappa shape index (κ2) is 9.25. The monoisotopic (exact) mass is 368 g/mol. The Kier molecular flexibility index (Phi) is 6.51. The fourth-order valence-corrected chi connectivity index (χ4v) is 2.89. The molecule has 1 aromatic carbocycles. The van der Waals surface area contributed by atoms with E-state index in [-0.39, 0.29) is 5.91 Å². The van der Waals surface area contributed by atoms with Gasteiger partial charge in [-0.2, -0.15) is 5.10 Å². The molecule has 0 saturated carbocycles. The summed E-state index contributed by atoms with van der Waals surface area (Å²) < 4.78 is 10.9. The number of hydrogen-bond acceptors (Lipinski definition) is 6. The van der Waals surface area contributed by atoms with Gasteiger partial charge in [-0.15, -0.1) is 0 Å². The number of nitrogens with one attached hydrogen (secondary N) is 1. The van der Waals surface area contributed by atoms with Crippen molar-refractivity contribution in [1.29, 1.82) is 0 Å². The van der Waals surface area contributed by atoms with Crippen molar-refractivity contribution in [2.24, 2.45) is 5.10 Å². The van der Waals surface area contributed by atoms with E-state index >= 15 is 0 Å². The van der Waals surface area contributed by atoms with Gasteiger partial charge in [0.2, 0.25) is 0 Å².